The van der Waals surface area contributed by atoms with Gasteiger partial charge in [0.15, 0.2) is 11.5 Å². The molecule has 0 unspecified atom stereocenters. The smallest absolute Gasteiger partial charge is 0.343 e. The molecule has 0 heterocycles. The maximum atomic E-state index is 12.4. The van der Waals surface area contributed by atoms with E-state index in [2.05, 4.69) is 15.8 Å². The minimum absolute atomic E-state index is 0.210. The molecule has 0 aliphatic rings. The first kappa shape index (κ1) is 23.0. The van der Waals surface area contributed by atoms with Gasteiger partial charge in [-0.1, -0.05) is 18.2 Å². The number of ether oxygens (including phenoxy) is 3. The summed E-state index contributed by atoms with van der Waals surface area (Å²) in [6.07, 6.45) is 1.32. The minimum atomic E-state index is -0.924. The molecular formula is C24H21N3O6. The first-order chi connectivity index (χ1) is 16.0. The highest BCUT2D eigenvalue weighted by atomic mass is 16.6. The lowest BCUT2D eigenvalue weighted by atomic mass is 10.2. The highest BCUT2D eigenvalue weighted by molar-refractivity contribution is 6.39. The lowest BCUT2D eigenvalue weighted by molar-refractivity contribution is -0.136. The van der Waals surface area contributed by atoms with E-state index in [0.717, 1.165) is 0 Å². The summed E-state index contributed by atoms with van der Waals surface area (Å²) >= 11 is 0. The Morgan fingerprint density at radius 1 is 0.818 bits per heavy atom. The molecule has 3 aromatic rings. The van der Waals surface area contributed by atoms with Gasteiger partial charge in [-0.15, -0.1) is 0 Å². The quantitative estimate of drug-likeness (QED) is 0.189. The van der Waals surface area contributed by atoms with Crippen molar-refractivity contribution in [2.45, 2.75) is 0 Å². The van der Waals surface area contributed by atoms with Gasteiger partial charge < -0.3 is 19.5 Å². The molecule has 3 rings (SSSR count). The summed E-state index contributed by atoms with van der Waals surface area (Å²) in [4.78, 5) is 36.1. The van der Waals surface area contributed by atoms with E-state index in [-0.39, 0.29) is 11.5 Å². The van der Waals surface area contributed by atoms with Crippen molar-refractivity contribution in [3.8, 4) is 17.2 Å². The van der Waals surface area contributed by atoms with Gasteiger partial charge >= 0.3 is 17.8 Å². The zero-order valence-electron chi connectivity index (χ0n) is 17.9. The number of esters is 1. The number of amides is 2. The second-order valence-corrected chi connectivity index (χ2v) is 6.55. The molecule has 2 N–H and O–H groups in total. The molecule has 33 heavy (non-hydrogen) atoms. The Labute approximate surface area is 190 Å². The van der Waals surface area contributed by atoms with E-state index >= 15 is 0 Å². The summed E-state index contributed by atoms with van der Waals surface area (Å²) in [6, 6.07) is 19.8. The molecule has 0 spiro atoms. The molecule has 0 aromatic heterocycles. The third kappa shape index (κ3) is 6.41. The molecule has 0 aliphatic heterocycles. The molecule has 2 amide bonds. The Morgan fingerprint density at radius 3 is 2.21 bits per heavy atom. The molecule has 9 heteroatoms. The molecule has 0 bridgehead atoms. The monoisotopic (exact) mass is 447 g/mol. The van der Waals surface area contributed by atoms with Crippen molar-refractivity contribution in [2.75, 3.05) is 19.5 Å². The van der Waals surface area contributed by atoms with E-state index in [1.165, 1.54) is 26.5 Å². The molecule has 0 fully saturated rings. The van der Waals surface area contributed by atoms with E-state index in [0.29, 0.717) is 22.6 Å². The van der Waals surface area contributed by atoms with E-state index in [1.54, 1.807) is 66.7 Å². The molecular weight excluding hydrogens is 426 g/mol. The standard InChI is InChI=1S/C24H21N3O6/c1-31-19-11-9-17(10-12-19)24(30)33-20-13-8-16(14-21(20)32-2)15-25-27-23(29)22(28)26-18-6-4-3-5-7-18/h3-15H,1-2H3,(H,26,28)(H,27,29)/b25-15+. The molecule has 9 nitrogen and oxygen atoms in total. The second kappa shape index (κ2) is 11.1. The van der Waals surface area contributed by atoms with Gasteiger partial charge in [-0.3, -0.25) is 9.59 Å². The van der Waals surface area contributed by atoms with E-state index < -0.39 is 17.8 Å². The van der Waals surface area contributed by atoms with Crippen molar-refractivity contribution in [1.29, 1.82) is 0 Å². The van der Waals surface area contributed by atoms with Crippen LogP contribution in [-0.4, -0.2) is 38.2 Å². The van der Waals surface area contributed by atoms with Crippen LogP contribution in [0.3, 0.4) is 0 Å². The largest absolute Gasteiger partial charge is 0.497 e. The van der Waals surface area contributed by atoms with Crippen LogP contribution >= 0.6 is 0 Å². The predicted molar refractivity (Wildman–Crippen MR) is 122 cm³/mol. The number of para-hydroxylation sites is 1. The van der Waals surface area contributed by atoms with E-state index in [9.17, 15) is 14.4 Å². The highest BCUT2D eigenvalue weighted by Gasteiger charge is 2.14. The number of hydrogen-bond acceptors (Lipinski definition) is 7. The normalized spacial score (nSPS) is 10.4. The van der Waals surface area contributed by atoms with Crippen LogP contribution in [0.2, 0.25) is 0 Å². The Balaban J connectivity index is 1.60. The summed E-state index contributed by atoms with van der Waals surface area (Å²) in [5, 5.41) is 6.23. The first-order valence-corrected chi connectivity index (χ1v) is 9.74. The molecule has 0 atom stereocenters. The average Bonchev–Trinajstić information content (AvgIpc) is 2.85. The van der Waals surface area contributed by atoms with Crippen LogP contribution in [0, 0.1) is 0 Å². The van der Waals surface area contributed by atoms with Crippen molar-refractivity contribution in [3.63, 3.8) is 0 Å². The van der Waals surface area contributed by atoms with Crippen molar-refractivity contribution >= 4 is 29.7 Å². The van der Waals surface area contributed by atoms with Gasteiger partial charge in [-0.2, -0.15) is 5.10 Å². The Kier molecular flexibility index (Phi) is 7.74. The zero-order chi connectivity index (χ0) is 23.6. The number of carbonyl (C=O) groups excluding carboxylic acids is 3. The van der Waals surface area contributed by atoms with Crippen LogP contribution in [0.25, 0.3) is 0 Å². The Hall–Kier alpha value is -4.66. The van der Waals surface area contributed by atoms with E-state index in [1.807, 2.05) is 0 Å². The third-order valence-electron chi connectivity index (χ3n) is 4.33. The van der Waals surface area contributed by atoms with Gasteiger partial charge in [0.25, 0.3) is 0 Å². The second-order valence-electron chi connectivity index (χ2n) is 6.55. The van der Waals surface area contributed by atoms with Crippen LogP contribution in [0.4, 0.5) is 5.69 Å². The zero-order valence-corrected chi connectivity index (χ0v) is 17.9. The van der Waals surface area contributed by atoms with Crippen molar-refractivity contribution in [3.05, 3.63) is 83.9 Å². The lowest BCUT2D eigenvalue weighted by Gasteiger charge is -2.10. The number of benzene rings is 3. The van der Waals surface area contributed by atoms with Crippen LogP contribution in [0.5, 0.6) is 17.2 Å². The molecule has 0 saturated heterocycles. The number of nitrogens with one attached hydrogen (secondary N) is 2. The molecule has 0 saturated carbocycles. The van der Waals surface area contributed by atoms with Gasteiger partial charge in [0, 0.05) is 5.69 Å². The highest BCUT2D eigenvalue weighted by Crippen LogP contribution is 2.28. The van der Waals surface area contributed by atoms with Crippen molar-refractivity contribution in [2.24, 2.45) is 5.10 Å². The fourth-order valence-electron chi connectivity index (χ4n) is 2.66. The predicted octanol–water partition coefficient (Wildman–Crippen LogP) is 3.01. The summed E-state index contributed by atoms with van der Waals surface area (Å²) in [5.41, 5.74) is 3.53. The molecule has 168 valence electrons. The maximum absolute atomic E-state index is 12.4. The van der Waals surface area contributed by atoms with Gasteiger partial charge in [-0.25, -0.2) is 10.2 Å². The van der Waals surface area contributed by atoms with Gasteiger partial charge in [-0.05, 0) is 60.2 Å². The number of hydrogen-bond donors (Lipinski definition) is 2. The number of methoxy groups -OCH3 is 2. The summed E-state index contributed by atoms with van der Waals surface area (Å²) in [7, 11) is 2.96. The van der Waals surface area contributed by atoms with E-state index in [4.69, 9.17) is 14.2 Å². The Morgan fingerprint density at radius 2 is 1.55 bits per heavy atom. The topological polar surface area (TPSA) is 115 Å². The summed E-state index contributed by atoms with van der Waals surface area (Å²) < 4.78 is 15.8. The number of carbonyl (C=O) groups is 3. The maximum Gasteiger partial charge on any atom is 0.343 e. The number of anilines is 1. The van der Waals surface area contributed by atoms with Crippen LogP contribution in [0.1, 0.15) is 15.9 Å². The molecule has 3 aromatic carbocycles. The molecule has 0 aliphatic carbocycles. The fourth-order valence-corrected chi connectivity index (χ4v) is 2.66. The van der Waals surface area contributed by atoms with Crippen LogP contribution < -0.4 is 25.0 Å². The van der Waals surface area contributed by atoms with Gasteiger partial charge in [0.1, 0.15) is 5.75 Å². The number of hydrazone groups is 1. The number of nitrogens with zero attached hydrogens (tertiary/aromatic N) is 1. The summed E-state index contributed by atoms with van der Waals surface area (Å²) in [6.45, 7) is 0. The minimum Gasteiger partial charge on any atom is -0.497 e. The Bertz CT molecular complexity index is 1160. The average molecular weight is 447 g/mol. The van der Waals surface area contributed by atoms with Gasteiger partial charge in [0.2, 0.25) is 0 Å². The van der Waals surface area contributed by atoms with Crippen molar-refractivity contribution in [1.82, 2.24) is 5.43 Å². The molecule has 0 radical (unpaired) electrons. The first-order valence-electron chi connectivity index (χ1n) is 9.74. The number of rotatable bonds is 7. The lowest BCUT2D eigenvalue weighted by Crippen LogP contribution is -2.32. The SMILES string of the molecule is COc1ccc(C(=O)Oc2ccc(/C=N/NC(=O)C(=O)Nc3ccccc3)cc2OC)cc1. The third-order valence-corrected chi connectivity index (χ3v) is 4.33. The van der Waals surface area contributed by atoms with Gasteiger partial charge in [0.05, 0.1) is 26.0 Å². The van der Waals surface area contributed by atoms with Crippen molar-refractivity contribution < 1.29 is 28.6 Å². The fraction of sp³-hybridized carbons (Fsp3) is 0.0833. The van der Waals surface area contributed by atoms with Crippen LogP contribution in [-0.2, 0) is 9.59 Å². The van der Waals surface area contributed by atoms with Crippen LogP contribution in [0.15, 0.2) is 77.9 Å². The summed E-state index contributed by atoms with van der Waals surface area (Å²) in [5.74, 6) is -1.22.